The standard InChI is InChI=1S/C34H39N7O2S/c1-40-17-7-10-25(40)14-16-36-15-6-9-24-20-37-33(35)31-26(21-44-32(24)31)22-12-13-27(30(19-22)43-3)38-39-34(42)29-18-23-8-4-5-11-28(23)41(29)2/h4-6,8-9,11-13,18-21,25,36,38H,7,10,14-17H2,1-3H3,(H2,35,37)(H,39,42)/b9-6+. The number of nitrogens with zero attached hydrogens (tertiary/aromatic N) is 3. The molecule has 0 spiro atoms. The summed E-state index contributed by atoms with van der Waals surface area (Å²) in [7, 11) is 5.72. The van der Waals surface area contributed by atoms with Crippen LogP contribution >= 0.6 is 11.3 Å². The summed E-state index contributed by atoms with van der Waals surface area (Å²) in [4.78, 5) is 20.0. The first kappa shape index (κ1) is 29.7. The number of aryl methyl sites for hydroxylation is 1. The van der Waals surface area contributed by atoms with Gasteiger partial charge in [0.05, 0.1) is 12.8 Å². The van der Waals surface area contributed by atoms with Crippen LogP contribution in [0.15, 0.2) is 66.2 Å². The molecule has 1 amide bonds. The number of hydrazine groups is 1. The Balaban J connectivity index is 1.14. The van der Waals surface area contributed by atoms with Gasteiger partial charge in [-0.25, -0.2) is 4.98 Å². The first-order valence-corrected chi connectivity index (χ1v) is 15.8. The SMILES string of the molecule is COc1cc(-c2csc3c(/C=C/CNCCC4CCCN4C)cnc(N)c23)ccc1NNC(=O)c1cc2ccccc2n1C. The molecule has 5 aromatic rings. The Hall–Kier alpha value is -4.38. The molecule has 9 nitrogen and oxygen atoms in total. The van der Waals surface area contributed by atoms with Gasteiger partial charge in [-0.3, -0.25) is 15.6 Å². The molecule has 1 unspecified atom stereocenters. The fourth-order valence-corrected chi connectivity index (χ4v) is 7.14. The van der Waals surface area contributed by atoms with E-state index in [1.165, 1.54) is 25.8 Å². The van der Waals surface area contributed by atoms with Crippen molar-refractivity contribution in [3.8, 4) is 16.9 Å². The monoisotopic (exact) mass is 609 g/mol. The lowest BCUT2D eigenvalue weighted by molar-refractivity contribution is 0.0955. The number of anilines is 2. The highest BCUT2D eigenvalue weighted by molar-refractivity contribution is 7.18. The molecule has 1 fully saturated rings. The number of methoxy groups -OCH3 is 1. The molecular formula is C34H39N7O2S. The molecule has 0 saturated carbocycles. The highest BCUT2D eigenvalue weighted by atomic mass is 32.1. The molecule has 6 rings (SSSR count). The third-order valence-corrected chi connectivity index (χ3v) is 9.57. The topological polar surface area (TPSA) is 109 Å². The van der Waals surface area contributed by atoms with Crippen molar-refractivity contribution < 1.29 is 9.53 Å². The number of pyridine rings is 1. The Bertz CT molecular complexity index is 1830. The number of nitrogens with one attached hydrogen (secondary N) is 3. The molecule has 1 aliphatic rings. The van der Waals surface area contributed by atoms with Crippen molar-refractivity contribution in [2.24, 2.45) is 7.05 Å². The van der Waals surface area contributed by atoms with E-state index in [0.29, 0.717) is 29.0 Å². The van der Waals surface area contributed by atoms with Crippen LogP contribution in [0.3, 0.4) is 0 Å². The van der Waals surface area contributed by atoms with Crippen LogP contribution in [0.2, 0.25) is 0 Å². The minimum Gasteiger partial charge on any atom is -0.494 e. The van der Waals surface area contributed by atoms with Crippen LogP contribution in [0.25, 0.3) is 38.2 Å². The van der Waals surface area contributed by atoms with Crippen LogP contribution in [-0.4, -0.2) is 60.2 Å². The molecule has 0 radical (unpaired) electrons. The van der Waals surface area contributed by atoms with E-state index in [2.05, 4.69) is 50.6 Å². The van der Waals surface area contributed by atoms with Crippen molar-refractivity contribution in [3.05, 3.63) is 77.4 Å². The van der Waals surface area contributed by atoms with Gasteiger partial charge in [-0.2, -0.15) is 0 Å². The lowest BCUT2D eigenvalue weighted by atomic mass is 10.0. The number of benzene rings is 2. The third kappa shape index (κ3) is 6.01. The van der Waals surface area contributed by atoms with Gasteiger partial charge in [0, 0.05) is 57.9 Å². The molecule has 5 N–H and O–H groups in total. The van der Waals surface area contributed by atoms with Crippen molar-refractivity contribution in [1.29, 1.82) is 0 Å². The molecule has 228 valence electrons. The Morgan fingerprint density at radius 2 is 2.07 bits per heavy atom. The van der Waals surface area contributed by atoms with Gasteiger partial charge < -0.3 is 25.3 Å². The minimum atomic E-state index is -0.241. The number of aromatic nitrogens is 2. The van der Waals surface area contributed by atoms with Crippen LogP contribution in [-0.2, 0) is 7.05 Å². The van der Waals surface area contributed by atoms with E-state index in [0.717, 1.165) is 50.8 Å². The number of rotatable bonds is 11. The number of fused-ring (bicyclic) bond motifs is 2. The second-order valence-corrected chi connectivity index (χ2v) is 12.1. The van der Waals surface area contributed by atoms with Crippen molar-refractivity contribution in [3.63, 3.8) is 0 Å². The first-order valence-electron chi connectivity index (χ1n) is 15.0. The quantitative estimate of drug-likeness (QED) is 0.109. The predicted octanol–water partition coefficient (Wildman–Crippen LogP) is 5.89. The summed E-state index contributed by atoms with van der Waals surface area (Å²) in [5, 5.41) is 7.60. The van der Waals surface area contributed by atoms with Gasteiger partial charge >= 0.3 is 0 Å². The molecule has 2 aromatic carbocycles. The van der Waals surface area contributed by atoms with E-state index in [4.69, 9.17) is 10.5 Å². The van der Waals surface area contributed by atoms with E-state index in [-0.39, 0.29) is 5.91 Å². The summed E-state index contributed by atoms with van der Waals surface area (Å²) < 4.78 is 8.68. The highest BCUT2D eigenvalue weighted by Crippen LogP contribution is 2.41. The molecule has 10 heteroatoms. The largest absolute Gasteiger partial charge is 0.494 e. The maximum Gasteiger partial charge on any atom is 0.286 e. The van der Waals surface area contributed by atoms with Crippen LogP contribution in [0.1, 0.15) is 35.3 Å². The fraction of sp³-hybridized carbons (Fsp3) is 0.294. The predicted molar refractivity (Wildman–Crippen MR) is 182 cm³/mol. The number of amides is 1. The van der Waals surface area contributed by atoms with Crippen LogP contribution in [0.4, 0.5) is 11.5 Å². The van der Waals surface area contributed by atoms with Crippen molar-refractivity contribution in [1.82, 2.24) is 25.2 Å². The van der Waals surface area contributed by atoms with Crippen LogP contribution < -0.4 is 26.6 Å². The third-order valence-electron chi connectivity index (χ3n) is 8.55. The number of carbonyl (C=O) groups is 1. The summed E-state index contributed by atoms with van der Waals surface area (Å²) in [6.45, 7) is 3.03. The highest BCUT2D eigenvalue weighted by Gasteiger charge is 2.20. The second kappa shape index (κ2) is 13.1. The number of nitrogens with two attached hydrogens (primary N) is 1. The Morgan fingerprint density at radius 3 is 2.86 bits per heavy atom. The number of thiophene rings is 1. The van der Waals surface area contributed by atoms with Gasteiger partial charge in [0.1, 0.15) is 17.3 Å². The first-order chi connectivity index (χ1) is 21.4. The summed E-state index contributed by atoms with van der Waals surface area (Å²) >= 11 is 1.65. The van der Waals surface area contributed by atoms with Gasteiger partial charge in [-0.15, -0.1) is 11.3 Å². The Labute approximate surface area is 261 Å². The normalized spacial score (nSPS) is 15.5. The van der Waals surface area contributed by atoms with E-state index in [9.17, 15) is 4.79 Å². The van der Waals surface area contributed by atoms with Gasteiger partial charge in [0.25, 0.3) is 5.91 Å². The zero-order valence-electron chi connectivity index (χ0n) is 25.4. The zero-order valence-corrected chi connectivity index (χ0v) is 26.2. The molecule has 1 aliphatic heterocycles. The average molecular weight is 610 g/mol. The van der Waals surface area contributed by atoms with E-state index < -0.39 is 0 Å². The number of likely N-dealkylation sites (tertiary alicyclic amines) is 1. The number of nitrogen functional groups attached to an aromatic ring is 1. The molecule has 1 atom stereocenters. The second-order valence-electron chi connectivity index (χ2n) is 11.3. The minimum absolute atomic E-state index is 0.241. The number of para-hydroxylation sites is 1. The number of hydrogen-bond donors (Lipinski definition) is 4. The fourth-order valence-electron chi connectivity index (χ4n) is 6.06. The Morgan fingerprint density at radius 1 is 1.20 bits per heavy atom. The molecule has 44 heavy (non-hydrogen) atoms. The molecule has 0 bridgehead atoms. The summed E-state index contributed by atoms with van der Waals surface area (Å²) in [6.07, 6.45) is 9.91. The Kier molecular flexibility index (Phi) is 8.83. The summed E-state index contributed by atoms with van der Waals surface area (Å²) in [5.74, 6) is 0.849. The van der Waals surface area contributed by atoms with Gasteiger partial charge in [0.2, 0.25) is 0 Å². The van der Waals surface area contributed by atoms with Crippen LogP contribution in [0, 0.1) is 0 Å². The van der Waals surface area contributed by atoms with Gasteiger partial charge in [0.15, 0.2) is 0 Å². The van der Waals surface area contributed by atoms with Gasteiger partial charge in [-0.05, 0) is 74.6 Å². The smallest absolute Gasteiger partial charge is 0.286 e. The van der Waals surface area contributed by atoms with Crippen molar-refractivity contribution in [2.45, 2.75) is 25.3 Å². The maximum absolute atomic E-state index is 13.0. The molecule has 4 heterocycles. The summed E-state index contributed by atoms with van der Waals surface area (Å²) in [6, 6.07) is 16.3. The lowest BCUT2D eigenvalue weighted by Crippen LogP contribution is -2.30. The molecular weight excluding hydrogens is 570 g/mol. The van der Waals surface area contributed by atoms with E-state index in [1.54, 1.807) is 18.4 Å². The summed E-state index contributed by atoms with van der Waals surface area (Å²) in [5.41, 5.74) is 17.4. The van der Waals surface area contributed by atoms with Crippen molar-refractivity contribution >= 4 is 55.8 Å². The van der Waals surface area contributed by atoms with E-state index >= 15 is 0 Å². The van der Waals surface area contributed by atoms with Gasteiger partial charge in [-0.1, -0.05) is 36.4 Å². The zero-order chi connectivity index (χ0) is 30.6. The molecule has 0 aliphatic carbocycles. The van der Waals surface area contributed by atoms with Crippen molar-refractivity contribution in [2.75, 3.05) is 45.0 Å². The lowest BCUT2D eigenvalue weighted by Gasteiger charge is -2.18. The number of hydrogen-bond acceptors (Lipinski definition) is 8. The average Bonchev–Trinajstić information content (AvgIpc) is 3.76. The maximum atomic E-state index is 13.0. The number of ether oxygens (including phenoxy) is 1. The molecule has 1 saturated heterocycles. The number of carbonyl (C=O) groups excluding carboxylic acids is 1. The molecule has 3 aromatic heterocycles. The van der Waals surface area contributed by atoms with Crippen LogP contribution in [0.5, 0.6) is 5.75 Å². The van der Waals surface area contributed by atoms with E-state index in [1.807, 2.05) is 66.3 Å².